The molecule has 1 aromatic carbocycles. The lowest BCUT2D eigenvalue weighted by molar-refractivity contribution is 0.186. The molecule has 0 aliphatic rings. The van der Waals surface area contributed by atoms with Gasteiger partial charge in [-0.1, -0.05) is 45.0 Å². The number of halogens is 1. The molecule has 0 fully saturated rings. The molecule has 0 bridgehead atoms. The summed E-state index contributed by atoms with van der Waals surface area (Å²) >= 11 is 0. The number of aliphatic hydroxyl groups excluding tert-OH is 1. The predicted molar refractivity (Wildman–Crippen MR) is 66.4 cm³/mol. The first-order valence-corrected chi connectivity index (χ1v) is 4.93. The quantitative estimate of drug-likeness (QED) is 0.818. The van der Waals surface area contributed by atoms with Gasteiger partial charge in [0.05, 0.1) is 6.10 Å². The molecular formula is C12H20ClNO. The van der Waals surface area contributed by atoms with Crippen LogP contribution in [0.1, 0.15) is 38.0 Å². The van der Waals surface area contributed by atoms with Crippen molar-refractivity contribution < 1.29 is 5.11 Å². The third-order valence-corrected chi connectivity index (χ3v) is 2.38. The Hall–Kier alpha value is -0.570. The van der Waals surface area contributed by atoms with Gasteiger partial charge in [0.25, 0.3) is 0 Å². The molecule has 3 heteroatoms. The van der Waals surface area contributed by atoms with Gasteiger partial charge in [-0.15, -0.1) is 12.4 Å². The van der Waals surface area contributed by atoms with Crippen LogP contribution in [0.2, 0.25) is 0 Å². The minimum absolute atomic E-state index is 0. The maximum absolute atomic E-state index is 9.50. The van der Waals surface area contributed by atoms with Crippen LogP contribution in [0, 0.1) is 0 Å². The van der Waals surface area contributed by atoms with Gasteiger partial charge in [0.15, 0.2) is 0 Å². The molecule has 1 atom stereocenters. The van der Waals surface area contributed by atoms with E-state index in [9.17, 15) is 5.11 Å². The summed E-state index contributed by atoms with van der Waals surface area (Å²) in [5.41, 5.74) is 7.70. The van der Waals surface area contributed by atoms with Crippen LogP contribution in [0.4, 0.5) is 0 Å². The van der Waals surface area contributed by atoms with Crippen molar-refractivity contribution in [3.05, 3.63) is 35.4 Å². The lowest BCUT2D eigenvalue weighted by Gasteiger charge is -2.19. The van der Waals surface area contributed by atoms with E-state index in [2.05, 4.69) is 20.8 Å². The SMILES string of the molecule is CC(C)(C)c1ccc(C(O)CN)cc1.Cl. The van der Waals surface area contributed by atoms with Gasteiger partial charge in [-0.3, -0.25) is 0 Å². The van der Waals surface area contributed by atoms with Gasteiger partial charge in [-0.2, -0.15) is 0 Å². The second-order valence-electron chi connectivity index (χ2n) is 4.62. The van der Waals surface area contributed by atoms with E-state index in [-0.39, 0.29) is 24.4 Å². The van der Waals surface area contributed by atoms with Gasteiger partial charge in [0, 0.05) is 6.54 Å². The van der Waals surface area contributed by atoms with E-state index in [1.54, 1.807) is 0 Å². The van der Waals surface area contributed by atoms with E-state index in [4.69, 9.17) is 5.73 Å². The van der Waals surface area contributed by atoms with Gasteiger partial charge in [-0.05, 0) is 16.5 Å². The Bertz CT molecular complexity index is 289. The smallest absolute Gasteiger partial charge is 0.0912 e. The summed E-state index contributed by atoms with van der Waals surface area (Å²) in [6, 6.07) is 7.98. The molecule has 0 aliphatic heterocycles. The van der Waals surface area contributed by atoms with Crippen LogP contribution < -0.4 is 5.73 Å². The zero-order chi connectivity index (χ0) is 10.8. The normalized spacial score (nSPS) is 13.1. The largest absolute Gasteiger partial charge is 0.387 e. The highest BCUT2D eigenvalue weighted by atomic mass is 35.5. The lowest BCUT2D eigenvalue weighted by Crippen LogP contribution is -2.13. The van der Waals surface area contributed by atoms with Gasteiger partial charge in [0.1, 0.15) is 0 Å². The molecule has 1 aromatic rings. The Morgan fingerprint density at radius 2 is 1.67 bits per heavy atom. The van der Waals surface area contributed by atoms with Crippen molar-refractivity contribution in [3.8, 4) is 0 Å². The average Bonchev–Trinajstić information content (AvgIpc) is 2.15. The van der Waals surface area contributed by atoms with Crippen molar-refractivity contribution >= 4 is 12.4 Å². The zero-order valence-electron chi connectivity index (χ0n) is 9.53. The first-order chi connectivity index (χ1) is 6.45. The van der Waals surface area contributed by atoms with E-state index in [1.165, 1.54) is 5.56 Å². The monoisotopic (exact) mass is 229 g/mol. The van der Waals surface area contributed by atoms with Crippen LogP contribution in [0.3, 0.4) is 0 Å². The van der Waals surface area contributed by atoms with E-state index >= 15 is 0 Å². The highest BCUT2D eigenvalue weighted by Gasteiger charge is 2.13. The minimum atomic E-state index is -0.538. The molecule has 0 heterocycles. The highest BCUT2D eigenvalue weighted by Crippen LogP contribution is 2.23. The first kappa shape index (κ1) is 14.4. The molecule has 0 saturated heterocycles. The molecule has 1 unspecified atom stereocenters. The first-order valence-electron chi connectivity index (χ1n) is 4.93. The summed E-state index contributed by atoms with van der Waals surface area (Å²) in [6.07, 6.45) is -0.538. The number of aliphatic hydroxyl groups is 1. The molecule has 0 aliphatic carbocycles. The van der Waals surface area contributed by atoms with Crippen LogP contribution >= 0.6 is 12.4 Å². The molecule has 3 N–H and O–H groups in total. The lowest BCUT2D eigenvalue weighted by atomic mass is 9.86. The van der Waals surface area contributed by atoms with Crippen LogP contribution in [0.5, 0.6) is 0 Å². The van der Waals surface area contributed by atoms with E-state index in [0.717, 1.165) is 5.56 Å². The van der Waals surface area contributed by atoms with Gasteiger partial charge < -0.3 is 10.8 Å². The van der Waals surface area contributed by atoms with Crippen molar-refractivity contribution in [2.24, 2.45) is 5.73 Å². The fraction of sp³-hybridized carbons (Fsp3) is 0.500. The summed E-state index contributed by atoms with van der Waals surface area (Å²) in [5.74, 6) is 0. The molecule has 15 heavy (non-hydrogen) atoms. The van der Waals surface area contributed by atoms with Crippen molar-refractivity contribution in [1.82, 2.24) is 0 Å². The fourth-order valence-electron chi connectivity index (χ4n) is 1.34. The molecular weight excluding hydrogens is 210 g/mol. The second-order valence-corrected chi connectivity index (χ2v) is 4.62. The molecule has 0 amide bonds. The highest BCUT2D eigenvalue weighted by molar-refractivity contribution is 5.85. The Morgan fingerprint density at radius 1 is 1.20 bits per heavy atom. The van der Waals surface area contributed by atoms with Crippen LogP contribution in [0.25, 0.3) is 0 Å². The third kappa shape index (κ3) is 3.82. The Labute approximate surface area is 97.9 Å². The number of benzene rings is 1. The molecule has 0 aromatic heterocycles. The van der Waals surface area contributed by atoms with Gasteiger partial charge in [-0.25, -0.2) is 0 Å². The average molecular weight is 230 g/mol. The number of hydrogen-bond acceptors (Lipinski definition) is 2. The second kappa shape index (κ2) is 5.50. The molecule has 2 nitrogen and oxygen atoms in total. The number of nitrogens with two attached hydrogens (primary N) is 1. The van der Waals surface area contributed by atoms with E-state index in [1.807, 2.05) is 24.3 Å². The molecule has 1 rings (SSSR count). The standard InChI is InChI=1S/C12H19NO.ClH/c1-12(2,3)10-6-4-9(5-7-10)11(14)8-13;/h4-7,11,14H,8,13H2,1-3H3;1H. The van der Waals surface area contributed by atoms with Crippen molar-refractivity contribution in [3.63, 3.8) is 0 Å². The van der Waals surface area contributed by atoms with Gasteiger partial charge >= 0.3 is 0 Å². The van der Waals surface area contributed by atoms with Crippen LogP contribution in [-0.2, 0) is 5.41 Å². The van der Waals surface area contributed by atoms with Gasteiger partial charge in [0.2, 0.25) is 0 Å². The third-order valence-electron chi connectivity index (χ3n) is 2.38. The fourth-order valence-corrected chi connectivity index (χ4v) is 1.34. The maximum atomic E-state index is 9.50. The Balaban J connectivity index is 0.00000196. The molecule has 0 radical (unpaired) electrons. The number of hydrogen-bond donors (Lipinski definition) is 2. The van der Waals surface area contributed by atoms with Crippen molar-refractivity contribution in [2.75, 3.05) is 6.54 Å². The summed E-state index contributed by atoms with van der Waals surface area (Å²) in [6.45, 7) is 6.78. The van der Waals surface area contributed by atoms with Crippen molar-refractivity contribution in [2.45, 2.75) is 32.3 Å². The molecule has 0 spiro atoms. The predicted octanol–water partition coefficient (Wildman–Crippen LogP) is 2.40. The minimum Gasteiger partial charge on any atom is -0.387 e. The zero-order valence-corrected chi connectivity index (χ0v) is 10.3. The topological polar surface area (TPSA) is 46.2 Å². The summed E-state index contributed by atoms with van der Waals surface area (Å²) in [5, 5.41) is 9.50. The van der Waals surface area contributed by atoms with E-state index in [0.29, 0.717) is 0 Å². The van der Waals surface area contributed by atoms with E-state index < -0.39 is 6.10 Å². The summed E-state index contributed by atoms with van der Waals surface area (Å²) in [4.78, 5) is 0. The van der Waals surface area contributed by atoms with Crippen molar-refractivity contribution in [1.29, 1.82) is 0 Å². The summed E-state index contributed by atoms with van der Waals surface area (Å²) < 4.78 is 0. The van der Waals surface area contributed by atoms with Crippen LogP contribution in [0.15, 0.2) is 24.3 Å². The Kier molecular flexibility index (Phi) is 5.29. The molecule has 0 saturated carbocycles. The summed E-state index contributed by atoms with van der Waals surface area (Å²) in [7, 11) is 0. The maximum Gasteiger partial charge on any atom is 0.0912 e. The number of rotatable bonds is 2. The Morgan fingerprint density at radius 3 is 2.00 bits per heavy atom. The molecule has 86 valence electrons. The van der Waals surface area contributed by atoms with Crippen LogP contribution in [-0.4, -0.2) is 11.7 Å².